The van der Waals surface area contributed by atoms with Gasteiger partial charge in [-0.25, -0.2) is 0 Å². The Morgan fingerprint density at radius 2 is 2.21 bits per heavy atom. The predicted molar refractivity (Wildman–Crippen MR) is 92.9 cm³/mol. The summed E-state index contributed by atoms with van der Waals surface area (Å²) in [5.41, 5.74) is 5.97. The molecule has 0 heterocycles. The largest absolute Gasteiger partial charge is 0.490 e. The van der Waals surface area contributed by atoms with Gasteiger partial charge in [0.1, 0.15) is 18.3 Å². The van der Waals surface area contributed by atoms with Gasteiger partial charge in [-0.05, 0) is 31.0 Å². The van der Waals surface area contributed by atoms with Gasteiger partial charge in [0.05, 0.1) is 18.0 Å². The fourth-order valence-electron chi connectivity index (χ4n) is 2.00. The van der Waals surface area contributed by atoms with Gasteiger partial charge in [-0.2, -0.15) is 0 Å². The third-order valence-corrected chi connectivity index (χ3v) is 3.81. The molecule has 132 valence electrons. The lowest BCUT2D eigenvalue weighted by molar-refractivity contribution is -0.133. The van der Waals surface area contributed by atoms with Gasteiger partial charge in [-0.3, -0.25) is 9.59 Å². The van der Waals surface area contributed by atoms with Crippen LogP contribution in [0.1, 0.15) is 12.5 Å². The molecule has 0 bridgehead atoms. The van der Waals surface area contributed by atoms with Crippen molar-refractivity contribution >= 4 is 23.4 Å². The first-order chi connectivity index (χ1) is 11.4. The highest BCUT2D eigenvalue weighted by atomic mass is 35.5. The Morgan fingerprint density at radius 1 is 1.50 bits per heavy atom. The first kappa shape index (κ1) is 20.0. The summed E-state index contributed by atoms with van der Waals surface area (Å²) in [5, 5.41) is 12.7. The van der Waals surface area contributed by atoms with E-state index in [9.17, 15) is 14.7 Å². The molecule has 1 aromatic carbocycles. The van der Waals surface area contributed by atoms with E-state index in [-0.39, 0.29) is 5.88 Å². The fraction of sp³-hybridized carbons (Fsp3) is 0.412. The molecule has 3 atom stereocenters. The average molecular weight is 355 g/mol. The van der Waals surface area contributed by atoms with Crippen molar-refractivity contribution in [2.45, 2.75) is 25.5 Å². The van der Waals surface area contributed by atoms with E-state index in [0.717, 1.165) is 5.56 Å². The summed E-state index contributed by atoms with van der Waals surface area (Å²) < 4.78 is 5.46. The second kappa shape index (κ2) is 9.95. The molecule has 0 saturated heterocycles. The molecule has 0 saturated carbocycles. The number of nitrogens with one attached hydrogen (secondary N) is 1. The summed E-state index contributed by atoms with van der Waals surface area (Å²) in [6.07, 6.45) is 1.00. The van der Waals surface area contributed by atoms with Gasteiger partial charge in [0, 0.05) is 0 Å². The topological polar surface area (TPSA) is 102 Å². The first-order valence-electron chi connectivity index (χ1n) is 7.55. The summed E-state index contributed by atoms with van der Waals surface area (Å²) >= 11 is 5.71. The maximum Gasteiger partial charge on any atom is 0.232 e. The van der Waals surface area contributed by atoms with Gasteiger partial charge in [0.15, 0.2) is 0 Å². The summed E-state index contributed by atoms with van der Waals surface area (Å²) in [5.74, 6) is -1.66. The second-order valence-corrected chi connectivity index (χ2v) is 5.72. The van der Waals surface area contributed by atoms with Crippen molar-refractivity contribution in [1.29, 1.82) is 0 Å². The van der Waals surface area contributed by atoms with Gasteiger partial charge in [-0.15, -0.1) is 11.6 Å². The molecule has 1 rings (SSSR count). The Balaban J connectivity index is 2.84. The molecule has 24 heavy (non-hydrogen) atoms. The van der Waals surface area contributed by atoms with E-state index in [4.69, 9.17) is 22.1 Å². The van der Waals surface area contributed by atoms with E-state index < -0.39 is 29.9 Å². The molecule has 2 amide bonds. The zero-order valence-corrected chi connectivity index (χ0v) is 14.3. The SMILES string of the molecule is C=CCOc1cccc(C[C@H](NC(=O)[C@@H](C)C(N)=O)[C@H](O)CCl)c1. The number of halogens is 1. The third-order valence-electron chi connectivity index (χ3n) is 3.49. The van der Waals surface area contributed by atoms with Crippen LogP contribution in [0.5, 0.6) is 5.75 Å². The highest BCUT2D eigenvalue weighted by Crippen LogP contribution is 2.16. The number of nitrogens with two attached hydrogens (primary N) is 1. The number of ether oxygens (including phenoxy) is 1. The van der Waals surface area contributed by atoms with Crippen molar-refractivity contribution in [3.63, 3.8) is 0 Å². The van der Waals surface area contributed by atoms with Crippen molar-refractivity contribution < 1.29 is 19.4 Å². The van der Waals surface area contributed by atoms with E-state index in [1.807, 2.05) is 12.1 Å². The number of hydrogen-bond donors (Lipinski definition) is 3. The van der Waals surface area contributed by atoms with Crippen LogP contribution in [0.4, 0.5) is 0 Å². The van der Waals surface area contributed by atoms with Crippen LogP contribution in [-0.4, -0.2) is 41.6 Å². The summed E-state index contributed by atoms with van der Waals surface area (Å²) in [4.78, 5) is 23.1. The number of amides is 2. The van der Waals surface area contributed by atoms with Crippen molar-refractivity contribution in [2.24, 2.45) is 11.7 Å². The van der Waals surface area contributed by atoms with Crippen molar-refractivity contribution in [1.82, 2.24) is 5.32 Å². The lowest BCUT2D eigenvalue weighted by atomic mass is 10.0. The smallest absolute Gasteiger partial charge is 0.232 e. The monoisotopic (exact) mass is 354 g/mol. The van der Waals surface area contributed by atoms with Crippen LogP contribution >= 0.6 is 11.6 Å². The van der Waals surface area contributed by atoms with Gasteiger partial charge >= 0.3 is 0 Å². The number of carbonyl (C=O) groups excluding carboxylic acids is 2. The molecule has 0 aliphatic heterocycles. The third kappa shape index (κ3) is 6.22. The molecule has 0 fully saturated rings. The van der Waals surface area contributed by atoms with Gasteiger partial charge in [0.25, 0.3) is 0 Å². The minimum Gasteiger partial charge on any atom is -0.490 e. The maximum absolute atomic E-state index is 12.0. The van der Waals surface area contributed by atoms with Crippen LogP contribution in [0.3, 0.4) is 0 Å². The van der Waals surface area contributed by atoms with Crippen LogP contribution in [-0.2, 0) is 16.0 Å². The standard InChI is InChI=1S/C17H23ClN2O4/c1-3-7-24-13-6-4-5-12(8-13)9-14(15(21)10-18)20-17(23)11(2)16(19)22/h3-6,8,11,14-15,21H,1,7,9-10H2,2H3,(H2,19,22)(H,20,23)/t11-,14-,15+/m0/s1. The van der Waals surface area contributed by atoms with Gasteiger partial charge < -0.3 is 20.9 Å². The van der Waals surface area contributed by atoms with Gasteiger partial charge in [-0.1, -0.05) is 24.8 Å². The zero-order valence-electron chi connectivity index (χ0n) is 13.6. The van der Waals surface area contributed by atoms with E-state index >= 15 is 0 Å². The molecule has 0 spiro atoms. The van der Waals surface area contributed by atoms with Crippen LogP contribution < -0.4 is 15.8 Å². The number of rotatable bonds is 10. The van der Waals surface area contributed by atoms with Crippen molar-refractivity contribution in [3.05, 3.63) is 42.5 Å². The minimum absolute atomic E-state index is 0.0530. The fourth-order valence-corrected chi connectivity index (χ4v) is 2.21. The number of primary amides is 1. The lowest BCUT2D eigenvalue weighted by Gasteiger charge is -2.24. The molecular weight excluding hydrogens is 332 g/mol. The molecular formula is C17H23ClN2O4. The van der Waals surface area contributed by atoms with Crippen LogP contribution in [0, 0.1) is 5.92 Å². The Hall–Kier alpha value is -2.05. The summed E-state index contributed by atoms with van der Waals surface area (Å²) in [6, 6.07) is 6.62. The highest BCUT2D eigenvalue weighted by molar-refractivity contribution is 6.18. The van der Waals surface area contributed by atoms with E-state index in [2.05, 4.69) is 11.9 Å². The number of alkyl halides is 1. The van der Waals surface area contributed by atoms with Crippen LogP contribution in [0.15, 0.2) is 36.9 Å². The van der Waals surface area contributed by atoms with Crippen molar-refractivity contribution in [2.75, 3.05) is 12.5 Å². The number of benzene rings is 1. The van der Waals surface area contributed by atoms with Gasteiger partial charge in [0.2, 0.25) is 11.8 Å². The number of hydrogen-bond acceptors (Lipinski definition) is 4. The quantitative estimate of drug-likeness (QED) is 0.331. The van der Waals surface area contributed by atoms with E-state index in [1.54, 1.807) is 18.2 Å². The van der Waals surface area contributed by atoms with E-state index in [1.165, 1.54) is 6.92 Å². The molecule has 1 aromatic rings. The lowest BCUT2D eigenvalue weighted by Crippen LogP contribution is -2.49. The molecule has 0 unspecified atom stereocenters. The molecule has 7 heteroatoms. The second-order valence-electron chi connectivity index (χ2n) is 5.41. The van der Waals surface area contributed by atoms with Crippen LogP contribution in [0.2, 0.25) is 0 Å². The number of aliphatic hydroxyl groups is 1. The molecule has 0 aliphatic carbocycles. The zero-order chi connectivity index (χ0) is 18.1. The number of aliphatic hydroxyl groups excluding tert-OH is 1. The summed E-state index contributed by atoms with van der Waals surface area (Å²) in [7, 11) is 0. The molecule has 4 N–H and O–H groups in total. The average Bonchev–Trinajstić information content (AvgIpc) is 2.58. The minimum atomic E-state index is -0.989. The van der Waals surface area contributed by atoms with E-state index in [0.29, 0.717) is 18.8 Å². The molecule has 6 nitrogen and oxygen atoms in total. The Labute approximate surface area is 146 Å². The molecule has 0 radical (unpaired) electrons. The predicted octanol–water partition coefficient (Wildman–Crippen LogP) is 1.000. The normalized spacial score (nSPS) is 14.3. The van der Waals surface area contributed by atoms with Crippen LogP contribution in [0.25, 0.3) is 0 Å². The summed E-state index contributed by atoms with van der Waals surface area (Å²) in [6.45, 7) is 5.37. The molecule has 0 aromatic heterocycles. The molecule has 0 aliphatic rings. The maximum atomic E-state index is 12.0. The Bertz CT molecular complexity index is 579. The van der Waals surface area contributed by atoms with Crippen molar-refractivity contribution in [3.8, 4) is 5.75 Å². The first-order valence-corrected chi connectivity index (χ1v) is 8.08. The Kier molecular flexibility index (Phi) is 8.29. The number of carbonyl (C=O) groups is 2. The highest BCUT2D eigenvalue weighted by Gasteiger charge is 2.26. The Morgan fingerprint density at radius 3 is 2.79 bits per heavy atom.